The second-order valence-electron chi connectivity index (χ2n) is 6.82. The minimum absolute atomic E-state index is 0.155. The number of aryl methyl sites for hydroxylation is 1. The lowest BCUT2D eigenvalue weighted by atomic mass is 9.93. The average molecular weight is 423 g/mol. The van der Waals surface area contributed by atoms with Gasteiger partial charge in [0.15, 0.2) is 11.5 Å². The van der Waals surface area contributed by atoms with E-state index in [9.17, 15) is 0 Å². The number of benzene rings is 2. The Kier molecular flexibility index (Phi) is 8.05. The van der Waals surface area contributed by atoms with E-state index in [0.29, 0.717) is 6.61 Å². The van der Waals surface area contributed by atoms with Crippen LogP contribution in [0.2, 0.25) is 0 Å². The van der Waals surface area contributed by atoms with E-state index in [-0.39, 0.29) is 6.04 Å². The second-order valence-corrected chi connectivity index (χ2v) is 7.71. The van der Waals surface area contributed by atoms with Crippen LogP contribution in [0.15, 0.2) is 54.1 Å². The zero-order valence-electron chi connectivity index (χ0n) is 18.1. The van der Waals surface area contributed by atoms with Gasteiger partial charge in [-0.2, -0.15) is 0 Å². The van der Waals surface area contributed by atoms with Crippen LogP contribution in [0.4, 0.5) is 0 Å². The summed E-state index contributed by atoms with van der Waals surface area (Å²) in [6.45, 7) is 7.51. The summed E-state index contributed by atoms with van der Waals surface area (Å²) >= 11 is 1.66. The molecular formula is C25H30N2O2S. The third kappa shape index (κ3) is 5.29. The van der Waals surface area contributed by atoms with Crippen molar-refractivity contribution in [2.45, 2.75) is 39.8 Å². The molecule has 0 saturated heterocycles. The van der Waals surface area contributed by atoms with E-state index in [1.807, 2.05) is 44.5 Å². The Hall–Kier alpha value is -2.63. The van der Waals surface area contributed by atoms with E-state index in [1.54, 1.807) is 18.4 Å². The lowest BCUT2D eigenvalue weighted by Gasteiger charge is -2.26. The maximum Gasteiger partial charge on any atom is 0.161 e. The number of nitrogens with one attached hydrogen (secondary N) is 1. The van der Waals surface area contributed by atoms with Crippen molar-refractivity contribution in [3.8, 4) is 11.5 Å². The number of rotatable bonds is 6. The molecule has 0 spiro atoms. The van der Waals surface area contributed by atoms with Crippen molar-refractivity contribution in [1.29, 1.82) is 0 Å². The van der Waals surface area contributed by atoms with Crippen LogP contribution in [0.25, 0.3) is 6.08 Å². The predicted octanol–water partition coefficient (Wildman–Crippen LogP) is 5.97. The molecule has 1 aliphatic heterocycles. The summed E-state index contributed by atoms with van der Waals surface area (Å²) < 4.78 is 11.7. The van der Waals surface area contributed by atoms with Gasteiger partial charge >= 0.3 is 0 Å². The molecule has 0 fully saturated rings. The fraction of sp³-hybridized carbons (Fsp3) is 0.320. The zero-order chi connectivity index (χ0) is 21.3. The molecular weight excluding hydrogens is 392 g/mol. The topological polar surface area (TPSA) is 43.4 Å². The van der Waals surface area contributed by atoms with Crippen molar-refractivity contribution < 1.29 is 9.47 Å². The number of ether oxygens (including phenoxy) is 2. The number of nitrogens with zero attached hydrogens (tertiary/aromatic N) is 1. The van der Waals surface area contributed by atoms with Crippen LogP contribution in [0, 0.1) is 6.92 Å². The quantitative estimate of drug-likeness (QED) is 0.532. The zero-order valence-corrected chi connectivity index (χ0v) is 19.0. The van der Waals surface area contributed by atoms with Crippen molar-refractivity contribution in [2.75, 3.05) is 13.7 Å². The monoisotopic (exact) mass is 422 g/mol. The van der Waals surface area contributed by atoms with Gasteiger partial charge in [0.05, 0.1) is 24.4 Å². The van der Waals surface area contributed by atoms with Crippen LogP contribution in [0.3, 0.4) is 0 Å². The highest BCUT2D eigenvalue weighted by atomic mass is 32.1. The molecule has 4 rings (SSSR count). The van der Waals surface area contributed by atoms with E-state index in [4.69, 9.17) is 9.47 Å². The fourth-order valence-corrected chi connectivity index (χ4v) is 4.13. The highest BCUT2D eigenvalue weighted by molar-refractivity contribution is 7.10. The van der Waals surface area contributed by atoms with Crippen LogP contribution >= 0.6 is 11.3 Å². The summed E-state index contributed by atoms with van der Waals surface area (Å²) in [5.41, 5.74) is 6.65. The van der Waals surface area contributed by atoms with Gasteiger partial charge in [-0.15, -0.1) is 11.3 Å². The molecule has 0 radical (unpaired) electrons. The largest absolute Gasteiger partial charge is 0.493 e. The van der Waals surface area contributed by atoms with Gasteiger partial charge in [0.25, 0.3) is 0 Å². The normalized spacial score (nSPS) is 15.3. The van der Waals surface area contributed by atoms with Crippen LogP contribution in [0.5, 0.6) is 11.5 Å². The molecule has 158 valence electrons. The first kappa shape index (κ1) is 22.1. The van der Waals surface area contributed by atoms with Gasteiger partial charge in [0, 0.05) is 11.4 Å². The van der Waals surface area contributed by atoms with E-state index >= 15 is 0 Å². The Balaban J connectivity index is 0.00000124. The molecule has 4 nitrogen and oxygen atoms in total. The van der Waals surface area contributed by atoms with Gasteiger partial charge in [-0.3, -0.25) is 0 Å². The summed E-state index contributed by atoms with van der Waals surface area (Å²) in [6.07, 6.45) is 5.35. The van der Waals surface area contributed by atoms with Gasteiger partial charge in [-0.05, 0) is 48.2 Å². The van der Waals surface area contributed by atoms with Gasteiger partial charge in [-0.1, -0.05) is 50.3 Å². The highest BCUT2D eigenvalue weighted by Crippen LogP contribution is 2.36. The van der Waals surface area contributed by atoms with Crippen LogP contribution in [-0.4, -0.2) is 18.6 Å². The molecule has 3 aromatic rings. The van der Waals surface area contributed by atoms with E-state index in [0.717, 1.165) is 35.7 Å². The number of hydrogen-bond donors (Lipinski definition) is 1. The summed E-state index contributed by atoms with van der Waals surface area (Å²) in [5.74, 6) is 1.57. The Labute approximate surface area is 183 Å². The molecule has 1 aromatic heterocycles. The molecule has 0 saturated carbocycles. The smallest absolute Gasteiger partial charge is 0.161 e. The maximum atomic E-state index is 6.08. The Morgan fingerprint density at radius 3 is 2.67 bits per heavy atom. The molecule has 0 amide bonds. The maximum absolute atomic E-state index is 6.08. The van der Waals surface area contributed by atoms with E-state index < -0.39 is 0 Å². The predicted molar refractivity (Wildman–Crippen MR) is 125 cm³/mol. The molecule has 30 heavy (non-hydrogen) atoms. The molecule has 1 N–H and O–H groups in total. The molecule has 2 aromatic carbocycles. The first-order chi connectivity index (χ1) is 14.7. The molecule has 2 heterocycles. The summed E-state index contributed by atoms with van der Waals surface area (Å²) in [4.78, 5) is 5.52. The molecule has 0 aliphatic carbocycles. The summed E-state index contributed by atoms with van der Waals surface area (Å²) in [7, 11) is 1.69. The molecule has 0 bridgehead atoms. The first-order valence-electron chi connectivity index (χ1n) is 10.4. The second kappa shape index (κ2) is 11.0. The minimum atomic E-state index is 0.155. The van der Waals surface area contributed by atoms with Gasteiger partial charge in [0.1, 0.15) is 6.61 Å². The third-order valence-corrected chi connectivity index (χ3v) is 5.88. The SMILES string of the molecule is CC.COc1cc2c(cc1OCc1ccccc1)CCNC2/C=C/c1scnc1C. The number of hydrogen-bond acceptors (Lipinski definition) is 5. The molecule has 1 unspecified atom stereocenters. The van der Waals surface area contributed by atoms with Gasteiger partial charge in [0.2, 0.25) is 0 Å². The number of aromatic nitrogens is 1. The van der Waals surface area contributed by atoms with E-state index in [1.165, 1.54) is 16.0 Å². The number of thiazole rings is 1. The Morgan fingerprint density at radius 2 is 1.97 bits per heavy atom. The van der Waals surface area contributed by atoms with Crippen molar-refractivity contribution in [2.24, 2.45) is 0 Å². The summed E-state index contributed by atoms with van der Waals surface area (Å²) in [6, 6.07) is 14.6. The average Bonchev–Trinajstić information content (AvgIpc) is 3.22. The van der Waals surface area contributed by atoms with Crippen molar-refractivity contribution in [1.82, 2.24) is 10.3 Å². The first-order valence-corrected chi connectivity index (χ1v) is 11.3. The van der Waals surface area contributed by atoms with Crippen LogP contribution in [0.1, 0.15) is 47.2 Å². The molecule has 1 atom stereocenters. The lowest BCUT2D eigenvalue weighted by Crippen LogP contribution is -2.28. The fourth-order valence-electron chi connectivity index (χ4n) is 3.43. The van der Waals surface area contributed by atoms with Crippen molar-refractivity contribution in [3.63, 3.8) is 0 Å². The van der Waals surface area contributed by atoms with E-state index in [2.05, 4.69) is 46.7 Å². The Morgan fingerprint density at radius 1 is 1.17 bits per heavy atom. The Bertz CT molecular complexity index is 967. The third-order valence-electron chi connectivity index (χ3n) is 4.98. The standard InChI is InChI=1S/C23H24N2O2S.C2H6/c1-16-23(28-15-25-16)9-8-20-19-13-21(26-2)22(12-18(19)10-11-24-20)27-14-17-6-4-3-5-7-17;1-2/h3-9,12-13,15,20,24H,10-11,14H2,1-2H3;1-2H3/b9-8+;. The van der Waals surface area contributed by atoms with Crippen LogP contribution < -0.4 is 14.8 Å². The van der Waals surface area contributed by atoms with Gasteiger partial charge in [-0.25, -0.2) is 4.98 Å². The highest BCUT2D eigenvalue weighted by Gasteiger charge is 2.21. The number of fused-ring (bicyclic) bond motifs is 1. The lowest BCUT2D eigenvalue weighted by molar-refractivity contribution is 0.283. The van der Waals surface area contributed by atoms with Gasteiger partial charge < -0.3 is 14.8 Å². The van der Waals surface area contributed by atoms with Crippen molar-refractivity contribution >= 4 is 17.4 Å². The van der Waals surface area contributed by atoms with Crippen molar-refractivity contribution in [3.05, 3.63) is 81.3 Å². The summed E-state index contributed by atoms with van der Waals surface area (Å²) in [5, 5.41) is 3.59. The van der Waals surface area contributed by atoms with Crippen LogP contribution in [-0.2, 0) is 13.0 Å². The number of methoxy groups -OCH3 is 1. The molecule has 5 heteroatoms. The molecule has 1 aliphatic rings. The minimum Gasteiger partial charge on any atom is -0.493 e.